The Morgan fingerprint density at radius 3 is 2.29 bits per heavy atom. The highest BCUT2D eigenvalue weighted by Crippen LogP contribution is 2.23. The van der Waals surface area contributed by atoms with E-state index in [4.69, 9.17) is 5.26 Å². The summed E-state index contributed by atoms with van der Waals surface area (Å²) in [6.45, 7) is 8.37. The van der Waals surface area contributed by atoms with Gasteiger partial charge in [0.1, 0.15) is 6.07 Å². The molecular formula is C11H15N3. The van der Waals surface area contributed by atoms with Crippen LogP contribution in [0.5, 0.6) is 0 Å². The molecule has 0 radical (unpaired) electrons. The molecule has 0 saturated carbocycles. The molecule has 0 aliphatic carbocycles. The normalized spacial score (nSPS) is 10.6. The lowest BCUT2D eigenvalue weighted by atomic mass is 9.97. The van der Waals surface area contributed by atoms with Gasteiger partial charge in [-0.25, -0.2) is 9.97 Å². The molecule has 0 bridgehead atoms. The van der Waals surface area contributed by atoms with Gasteiger partial charge in [0, 0.05) is 6.20 Å². The first kappa shape index (κ1) is 10.6. The molecule has 1 rings (SSSR count). The Hall–Kier alpha value is -1.43. The maximum Gasteiger partial charge on any atom is 0.232 e. The quantitative estimate of drug-likeness (QED) is 0.718. The van der Waals surface area contributed by atoms with Crippen molar-refractivity contribution in [3.05, 3.63) is 23.3 Å². The molecule has 3 nitrogen and oxygen atoms in total. The molecule has 3 heteroatoms. The van der Waals surface area contributed by atoms with E-state index in [1.165, 1.54) is 0 Å². The standard InChI is InChI=1S/C11H15N3/c1-7(2)9-6-13-10(5-12)14-11(9)8(3)4/h6-8H,1-4H3. The molecule has 0 aliphatic heterocycles. The van der Waals surface area contributed by atoms with E-state index >= 15 is 0 Å². The van der Waals surface area contributed by atoms with Crippen LogP contribution >= 0.6 is 0 Å². The lowest BCUT2D eigenvalue weighted by Gasteiger charge is -2.13. The van der Waals surface area contributed by atoms with E-state index < -0.39 is 0 Å². The Morgan fingerprint density at radius 1 is 1.21 bits per heavy atom. The zero-order chi connectivity index (χ0) is 10.7. The van der Waals surface area contributed by atoms with Crippen molar-refractivity contribution < 1.29 is 0 Å². The summed E-state index contributed by atoms with van der Waals surface area (Å²) >= 11 is 0. The summed E-state index contributed by atoms with van der Waals surface area (Å²) in [5, 5.41) is 8.70. The van der Waals surface area contributed by atoms with Gasteiger partial charge in [0.05, 0.1) is 5.69 Å². The summed E-state index contributed by atoms with van der Waals surface area (Å²) in [7, 11) is 0. The van der Waals surface area contributed by atoms with Crippen LogP contribution in [0.4, 0.5) is 0 Å². The summed E-state index contributed by atoms with van der Waals surface area (Å²) in [4.78, 5) is 8.23. The Bertz CT molecular complexity index is 361. The maximum absolute atomic E-state index is 8.70. The summed E-state index contributed by atoms with van der Waals surface area (Å²) in [5.41, 5.74) is 2.13. The number of nitrogens with zero attached hydrogens (tertiary/aromatic N) is 3. The molecule has 0 unspecified atom stereocenters. The maximum atomic E-state index is 8.70. The molecular weight excluding hydrogens is 174 g/mol. The first-order valence-corrected chi connectivity index (χ1v) is 4.83. The third kappa shape index (κ3) is 2.08. The van der Waals surface area contributed by atoms with Crippen LogP contribution in [0.2, 0.25) is 0 Å². The van der Waals surface area contributed by atoms with E-state index in [1.54, 1.807) is 6.20 Å². The first-order valence-electron chi connectivity index (χ1n) is 4.83. The van der Waals surface area contributed by atoms with E-state index in [1.807, 2.05) is 6.07 Å². The van der Waals surface area contributed by atoms with Crippen molar-refractivity contribution >= 4 is 0 Å². The van der Waals surface area contributed by atoms with Gasteiger partial charge in [-0.05, 0) is 17.4 Å². The Balaban J connectivity index is 3.26. The number of hydrogen-bond donors (Lipinski definition) is 0. The van der Waals surface area contributed by atoms with Crippen molar-refractivity contribution in [2.75, 3.05) is 0 Å². The monoisotopic (exact) mass is 189 g/mol. The molecule has 0 N–H and O–H groups in total. The predicted molar refractivity (Wildman–Crippen MR) is 54.9 cm³/mol. The molecule has 74 valence electrons. The third-order valence-corrected chi connectivity index (χ3v) is 2.12. The fourth-order valence-electron chi connectivity index (χ4n) is 1.37. The van der Waals surface area contributed by atoms with Crippen LogP contribution in [0.15, 0.2) is 6.20 Å². The minimum absolute atomic E-state index is 0.262. The molecule has 0 aliphatic rings. The Kier molecular flexibility index (Phi) is 3.19. The number of aromatic nitrogens is 2. The molecule has 0 spiro atoms. The van der Waals surface area contributed by atoms with Gasteiger partial charge in [-0.15, -0.1) is 0 Å². The molecule has 0 fully saturated rings. The van der Waals surface area contributed by atoms with Crippen LogP contribution in [0.25, 0.3) is 0 Å². The highest BCUT2D eigenvalue weighted by molar-refractivity contribution is 5.26. The van der Waals surface area contributed by atoms with Crippen molar-refractivity contribution in [3.8, 4) is 6.07 Å². The molecule has 0 aromatic carbocycles. The van der Waals surface area contributed by atoms with Crippen LogP contribution < -0.4 is 0 Å². The van der Waals surface area contributed by atoms with Gasteiger partial charge in [0.25, 0.3) is 0 Å². The number of rotatable bonds is 2. The van der Waals surface area contributed by atoms with Gasteiger partial charge in [0.2, 0.25) is 5.82 Å². The molecule has 0 atom stereocenters. The fourth-order valence-corrected chi connectivity index (χ4v) is 1.37. The van der Waals surface area contributed by atoms with Crippen LogP contribution in [0.3, 0.4) is 0 Å². The minimum Gasteiger partial charge on any atom is -0.227 e. The average Bonchev–Trinajstić information content (AvgIpc) is 2.16. The fraction of sp³-hybridized carbons (Fsp3) is 0.545. The molecule has 0 saturated heterocycles. The molecule has 1 heterocycles. The van der Waals surface area contributed by atoms with Gasteiger partial charge in [-0.3, -0.25) is 0 Å². The van der Waals surface area contributed by atoms with Gasteiger partial charge >= 0.3 is 0 Å². The first-order chi connectivity index (χ1) is 6.56. The van der Waals surface area contributed by atoms with Gasteiger partial charge in [0.15, 0.2) is 0 Å². The van der Waals surface area contributed by atoms with Crippen molar-refractivity contribution in [1.82, 2.24) is 9.97 Å². The zero-order valence-corrected chi connectivity index (χ0v) is 9.07. The van der Waals surface area contributed by atoms with Crippen molar-refractivity contribution in [1.29, 1.82) is 5.26 Å². The summed E-state index contributed by atoms with van der Waals surface area (Å²) in [6, 6.07) is 1.97. The summed E-state index contributed by atoms with van der Waals surface area (Å²) in [6.07, 6.45) is 1.77. The van der Waals surface area contributed by atoms with Gasteiger partial charge in [-0.1, -0.05) is 27.7 Å². The average molecular weight is 189 g/mol. The van der Waals surface area contributed by atoms with Crippen LogP contribution in [-0.2, 0) is 0 Å². The van der Waals surface area contributed by atoms with E-state index in [2.05, 4.69) is 37.7 Å². The molecule has 14 heavy (non-hydrogen) atoms. The van der Waals surface area contributed by atoms with Gasteiger partial charge in [-0.2, -0.15) is 5.26 Å². The Labute approximate surface area is 84.8 Å². The van der Waals surface area contributed by atoms with Crippen LogP contribution in [-0.4, -0.2) is 9.97 Å². The van der Waals surface area contributed by atoms with E-state index in [0.717, 1.165) is 11.3 Å². The topological polar surface area (TPSA) is 49.6 Å². The smallest absolute Gasteiger partial charge is 0.227 e. The van der Waals surface area contributed by atoms with E-state index in [-0.39, 0.29) is 5.82 Å². The lowest BCUT2D eigenvalue weighted by Crippen LogP contribution is -2.05. The Morgan fingerprint density at radius 2 is 1.86 bits per heavy atom. The van der Waals surface area contributed by atoms with Crippen molar-refractivity contribution in [2.45, 2.75) is 39.5 Å². The van der Waals surface area contributed by atoms with Gasteiger partial charge < -0.3 is 0 Å². The van der Waals surface area contributed by atoms with E-state index in [0.29, 0.717) is 11.8 Å². The lowest BCUT2D eigenvalue weighted by molar-refractivity contribution is 0.742. The molecule has 0 amide bonds. The second-order valence-corrected chi connectivity index (χ2v) is 3.96. The third-order valence-electron chi connectivity index (χ3n) is 2.12. The van der Waals surface area contributed by atoms with E-state index in [9.17, 15) is 0 Å². The predicted octanol–water partition coefficient (Wildman–Crippen LogP) is 2.60. The zero-order valence-electron chi connectivity index (χ0n) is 9.07. The molecule has 1 aromatic rings. The van der Waals surface area contributed by atoms with Crippen molar-refractivity contribution in [2.24, 2.45) is 0 Å². The SMILES string of the molecule is CC(C)c1cnc(C#N)nc1C(C)C. The number of nitriles is 1. The summed E-state index contributed by atoms with van der Waals surface area (Å²) in [5.74, 6) is 1.00. The second kappa shape index (κ2) is 4.19. The largest absolute Gasteiger partial charge is 0.232 e. The second-order valence-electron chi connectivity index (χ2n) is 3.96. The highest BCUT2D eigenvalue weighted by atomic mass is 14.9. The van der Waals surface area contributed by atoms with Crippen molar-refractivity contribution in [3.63, 3.8) is 0 Å². The summed E-state index contributed by atoms with van der Waals surface area (Å²) < 4.78 is 0. The van der Waals surface area contributed by atoms with Crippen LogP contribution in [0, 0.1) is 11.3 Å². The minimum atomic E-state index is 0.262. The number of hydrogen-bond acceptors (Lipinski definition) is 3. The van der Waals surface area contributed by atoms with Crippen LogP contribution in [0.1, 0.15) is 56.6 Å². The molecule has 1 aromatic heterocycles. The highest BCUT2D eigenvalue weighted by Gasteiger charge is 2.12.